The number of hydrogen-bond acceptors (Lipinski definition) is 6. The van der Waals surface area contributed by atoms with Gasteiger partial charge in [0.25, 0.3) is 0 Å². The number of hydrogen-bond donors (Lipinski definition) is 1. The van der Waals surface area contributed by atoms with Gasteiger partial charge < -0.3 is 10.1 Å². The van der Waals surface area contributed by atoms with Gasteiger partial charge >= 0.3 is 0 Å². The molecule has 16 heavy (non-hydrogen) atoms. The molecule has 0 aliphatic heterocycles. The Morgan fingerprint density at radius 2 is 2.25 bits per heavy atom. The van der Waals surface area contributed by atoms with E-state index in [1.807, 2.05) is 12.3 Å². The van der Waals surface area contributed by atoms with Crippen molar-refractivity contribution in [1.29, 1.82) is 0 Å². The second-order valence-electron chi connectivity index (χ2n) is 3.18. The lowest BCUT2D eigenvalue weighted by molar-refractivity contribution is 0.397. The van der Waals surface area contributed by atoms with Crippen LogP contribution < -0.4 is 10.1 Å². The lowest BCUT2D eigenvalue weighted by Crippen LogP contribution is -2.07. The van der Waals surface area contributed by atoms with Gasteiger partial charge in [0.05, 0.1) is 13.2 Å². The zero-order valence-corrected chi connectivity index (χ0v) is 9.86. The summed E-state index contributed by atoms with van der Waals surface area (Å²) in [5.74, 6) is 1.28. The van der Waals surface area contributed by atoms with Crippen LogP contribution in [0.2, 0.25) is 0 Å². The van der Waals surface area contributed by atoms with E-state index in [2.05, 4.69) is 20.3 Å². The third-order valence-corrected chi connectivity index (χ3v) is 3.00. The van der Waals surface area contributed by atoms with Crippen LogP contribution >= 0.6 is 11.3 Å². The number of aromatic nitrogens is 3. The summed E-state index contributed by atoms with van der Waals surface area (Å²) in [4.78, 5) is 12.3. The maximum absolute atomic E-state index is 5.02. The minimum Gasteiger partial charge on any atom is -0.481 e. The summed E-state index contributed by atoms with van der Waals surface area (Å²) >= 11 is 1.61. The van der Waals surface area contributed by atoms with E-state index >= 15 is 0 Å². The summed E-state index contributed by atoms with van der Waals surface area (Å²) in [5, 5.41) is 6.21. The molecular formula is C10H12N4OS. The second kappa shape index (κ2) is 4.89. The topological polar surface area (TPSA) is 59.9 Å². The first-order chi connectivity index (χ1) is 7.79. The minimum absolute atomic E-state index is 0.125. The Bertz CT molecular complexity index is 446. The zero-order chi connectivity index (χ0) is 11.4. The van der Waals surface area contributed by atoms with Gasteiger partial charge in [0.1, 0.15) is 17.2 Å². The molecule has 2 rings (SSSR count). The highest BCUT2D eigenvalue weighted by molar-refractivity contribution is 7.09. The monoisotopic (exact) mass is 236 g/mol. The highest BCUT2D eigenvalue weighted by Crippen LogP contribution is 2.20. The fourth-order valence-corrected chi connectivity index (χ4v) is 1.91. The van der Waals surface area contributed by atoms with Crippen molar-refractivity contribution in [3.63, 3.8) is 0 Å². The number of methoxy groups -OCH3 is 1. The maximum Gasteiger partial charge on any atom is 0.218 e. The van der Waals surface area contributed by atoms with Gasteiger partial charge in [-0.05, 0) is 6.92 Å². The number of ether oxygens (including phenoxy) is 1. The summed E-state index contributed by atoms with van der Waals surface area (Å²) in [6.07, 6.45) is 3.26. The van der Waals surface area contributed by atoms with E-state index in [4.69, 9.17) is 4.74 Å². The summed E-state index contributed by atoms with van der Waals surface area (Å²) in [6, 6.07) is 1.88. The molecule has 0 saturated heterocycles. The van der Waals surface area contributed by atoms with E-state index in [0.717, 1.165) is 10.8 Å². The van der Waals surface area contributed by atoms with Crippen LogP contribution in [0.1, 0.15) is 18.0 Å². The molecule has 2 heterocycles. The molecule has 6 heteroatoms. The Morgan fingerprint density at radius 1 is 1.38 bits per heavy atom. The van der Waals surface area contributed by atoms with Crippen LogP contribution in [0.3, 0.4) is 0 Å². The molecule has 1 atom stereocenters. The van der Waals surface area contributed by atoms with Crippen molar-refractivity contribution >= 4 is 17.2 Å². The van der Waals surface area contributed by atoms with Crippen molar-refractivity contribution in [2.24, 2.45) is 0 Å². The van der Waals surface area contributed by atoms with Gasteiger partial charge in [-0.15, -0.1) is 11.3 Å². The van der Waals surface area contributed by atoms with Crippen LogP contribution in [0, 0.1) is 0 Å². The summed E-state index contributed by atoms with van der Waals surface area (Å²) in [6.45, 7) is 2.04. The first-order valence-electron chi connectivity index (χ1n) is 4.81. The van der Waals surface area contributed by atoms with Gasteiger partial charge in [0.15, 0.2) is 0 Å². The molecule has 0 saturated carbocycles. The summed E-state index contributed by atoms with van der Waals surface area (Å²) < 4.78 is 5.02. The van der Waals surface area contributed by atoms with Crippen LogP contribution in [0.15, 0.2) is 24.0 Å². The highest BCUT2D eigenvalue weighted by Gasteiger charge is 2.08. The van der Waals surface area contributed by atoms with Gasteiger partial charge in [-0.1, -0.05) is 0 Å². The van der Waals surface area contributed by atoms with Crippen LogP contribution in [-0.2, 0) is 0 Å². The fraction of sp³-hybridized carbons (Fsp3) is 0.300. The molecule has 0 aromatic carbocycles. The zero-order valence-electron chi connectivity index (χ0n) is 9.04. The lowest BCUT2D eigenvalue weighted by Gasteiger charge is -2.11. The fourth-order valence-electron chi connectivity index (χ4n) is 1.26. The quantitative estimate of drug-likeness (QED) is 0.881. The molecule has 0 radical (unpaired) electrons. The molecule has 2 aromatic rings. The molecule has 0 fully saturated rings. The number of anilines is 1. The molecule has 5 nitrogen and oxygen atoms in total. The van der Waals surface area contributed by atoms with E-state index in [1.54, 1.807) is 30.7 Å². The van der Waals surface area contributed by atoms with E-state index in [1.165, 1.54) is 6.33 Å². The molecule has 1 N–H and O–H groups in total. The van der Waals surface area contributed by atoms with Gasteiger partial charge in [-0.3, -0.25) is 0 Å². The molecule has 1 unspecified atom stereocenters. The van der Waals surface area contributed by atoms with Crippen molar-refractivity contribution in [3.05, 3.63) is 29.0 Å². The van der Waals surface area contributed by atoms with Crippen molar-refractivity contribution in [2.75, 3.05) is 12.4 Å². The Kier molecular flexibility index (Phi) is 3.31. The predicted molar refractivity (Wildman–Crippen MR) is 62.7 cm³/mol. The van der Waals surface area contributed by atoms with Gasteiger partial charge in [0, 0.05) is 17.6 Å². The SMILES string of the molecule is COc1cc(NC(C)c2nccs2)ncn1. The number of rotatable bonds is 4. The largest absolute Gasteiger partial charge is 0.481 e. The van der Waals surface area contributed by atoms with E-state index in [0.29, 0.717) is 5.88 Å². The molecule has 0 aliphatic rings. The summed E-state index contributed by atoms with van der Waals surface area (Å²) in [5.41, 5.74) is 0. The maximum atomic E-state index is 5.02. The molecule has 0 aliphatic carbocycles. The van der Waals surface area contributed by atoms with Crippen LogP contribution in [-0.4, -0.2) is 22.1 Å². The smallest absolute Gasteiger partial charge is 0.218 e. The van der Waals surface area contributed by atoms with Crippen molar-refractivity contribution in [1.82, 2.24) is 15.0 Å². The van der Waals surface area contributed by atoms with Gasteiger partial charge in [0.2, 0.25) is 5.88 Å². The highest BCUT2D eigenvalue weighted by atomic mass is 32.1. The van der Waals surface area contributed by atoms with Crippen molar-refractivity contribution in [3.8, 4) is 5.88 Å². The molecule has 2 aromatic heterocycles. The van der Waals surface area contributed by atoms with Crippen molar-refractivity contribution in [2.45, 2.75) is 13.0 Å². The van der Waals surface area contributed by atoms with E-state index in [-0.39, 0.29) is 6.04 Å². The Balaban J connectivity index is 2.08. The first-order valence-corrected chi connectivity index (χ1v) is 5.69. The van der Waals surface area contributed by atoms with Crippen LogP contribution in [0.5, 0.6) is 5.88 Å². The summed E-state index contributed by atoms with van der Waals surface area (Å²) in [7, 11) is 1.58. The first kappa shape index (κ1) is 10.8. The number of nitrogens with one attached hydrogen (secondary N) is 1. The minimum atomic E-state index is 0.125. The van der Waals surface area contributed by atoms with Gasteiger partial charge in [-0.25, -0.2) is 15.0 Å². The Hall–Kier alpha value is -1.69. The standard InChI is InChI=1S/C10H12N4OS/c1-7(10-11-3-4-16-10)14-8-5-9(15-2)13-6-12-8/h3-7H,1-2H3,(H,12,13,14). The lowest BCUT2D eigenvalue weighted by atomic mass is 10.3. The molecular weight excluding hydrogens is 224 g/mol. The normalized spacial score (nSPS) is 12.1. The van der Waals surface area contributed by atoms with E-state index in [9.17, 15) is 0 Å². The number of nitrogens with zero attached hydrogens (tertiary/aromatic N) is 3. The number of thiazole rings is 1. The third kappa shape index (κ3) is 2.46. The average molecular weight is 236 g/mol. The molecule has 0 bridgehead atoms. The van der Waals surface area contributed by atoms with Crippen LogP contribution in [0.4, 0.5) is 5.82 Å². The van der Waals surface area contributed by atoms with E-state index < -0.39 is 0 Å². The second-order valence-corrected chi connectivity index (χ2v) is 4.11. The molecule has 0 spiro atoms. The van der Waals surface area contributed by atoms with Crippen LogP contribution in [0.25, 0.3) is 0 Å². The average Bonchev–Trinajstić information content (AvgIpc) is 2.83. The molecule has 0 amide bonds. The van der Waals surface area contributed by atoms with Crippen molar-refractivity contribution < 1.29 is 4.74 Å². The third-order valence-electron chi connectivity index (χ3n) is 2.04. The predicted octanol–water partition coefficient (Wildman–Crippen LogP) is 2.11. The Labute approximate surface area is 97.5 Å². The molecule has 84 valence electrons. The van der Waals surface area contributed by atoms with Gasteiger partial charge in [-0.2, -0.15) is 0 Å². The Morgan fingerprint density at radius 3 is 2.94 bits per heavy atom.